The molecule has 1 aromatic heterocycles. The Hall–Kier alpha value is -2.10. The van der Waals surface area contributed by atoms with Crippen LogP contribution in [0.4, 0.5) is 10.1 Å². The molecule has 3 nitrogen and oxygen atoms in total. The molecule has 0 saturated carbocycles. The molecule has 1 N–H and O–H groups in total. The fourth-order valence-corrected chi connectivity index (χ4v) is 1.44. The minimum atomic E-state index is -0.223. The van der Waals surface area contributed by atoms with E-state index in [0.29, 0.717) is 12.4 Å². The zero-order valence-corrected chi connectivity index (χ0v) is 9.48. The average molecular weight is 232 g/mol. The molecular formula is C13H13FN2O. The van der Waals surface area contributed by atoms with E-state index in [-0.39, 0.29) is 5.82 Å². The van der Waals surface area contributed by atoms with Crippen molar-refractivity contribution >= 4 is 5.69 Å². The zero-order valence-electron chi connectivity index (χ0n) is 9.48. The van der Waals surface area contributed by atoms with E-state index in [0.717, 1.165) is 11.3 Å². The van der Waals surface area contributed by atoms with Gasteiger partial charge in [0.25, 0.3) is 0 Å². The molecule has 4 heteroatoms. The third-order valence-electron chi connectivity index (χ3n) is 2.35. The normalized spacial score (nSPS) is 10.0. The van der Waals surface area contributed by atoms with Crippen molar-refractivity contribution in [2.45, 2.75) is 6.54 Å². The summed E-state index contributed by atoms with van der Waals surface area (Å²) in [5, 5.41) is 3.21. The SMILES string of the molecule is COc1cc(NCc2ccc(F)cc2)ccn1. The molecule has 2 rings (SSSR count). The summed E-state index contributed by atoms with van der Waals surface area (Å²) in [7, 11) is 1.58. The first kappa shape index (κ1) is 11.4. The first-order valence-corrected chi connectivity index (χ1v) is 5.26. The van der Waals surface area contributed by atoms with E-state index in [1.54, 1.807) is 25.4 Å². The van der Waals surface area contributed by atoms with Gasteiger partial charge in [0.15, 0.2) is 0 Å². The van der Waals surface area contributed by atoms with Gasteiger partial charge in [-0.15, -0.1) is 0 Å². The van der Waals surface area contributed by atoms with Gasteiger partial charge >= 0.3 is 0 Å². The van der Waals surface area contributed by atoms with E-state index in [2.05, 4.69) is 10.3 Å². The standard InChI is InChI=1S/C13H13FN2O/c1-17-13-8-12(6-7-15-13)16-9-10-2-4-11(14)5-3-10/h2-8H,9H2,1H3,(H,15,16). The van der Waals surface area contributed by atoms with E-state index in [9.17, 15) is 4.39 Å². The van der Waals surface area contributed by atoms with Crippen LogP contribution in [0.1, 0.15) is 5.56 Å². The van der Waals surface area contributed by atoms with Gasteiger partial charge in [-0.25, -0.2) is 9.37 Å². The number of hydrogen-bond donors (Lipinski definition) is 1. The molecule has 0 bridgehead atoms. The molecule has 0 aliphatic carbocycles. The predicted molar refractivity (Wildman–Crippen MR) is 64.5 cm³/mol. The molecule has 88 valence electrons. The second kappa shape index (κ2) is 5.30. The van der Waals surface area contributed by atoms with Crippen LogP contribution in [0.3, 0.4) is 0 Å². The fraction of sp³-hybridized carbons (Fsp3) is 0.154. The molecule has 1 heterocycles. The quantitative estimate of drug-likeness (QED) is 0.880. The third-order valence-corrected chi connectivity index (χ3v) is 2.35. The molecule has 17 heavy (non-hydrogen) atoms. The van der Waals surface area contributed by atoms with Crippen molar-refractivity contribution in [3.8, 4) is 5.88 Å². The highest BCUT2D eigenvalue weighted by molar-refractivity contribution is 5.45. The Labute approximate surface area is 99.3 Å². The summed E-state index contributed by atoms with van der Waals surface area (Å²) in [4.78, 5) is 4.01. The van der Waals surface area contributed by atoms with Gasteiger partial charge in [0.05, 0.1) is 7.11 Å². The molecule has 1 aromatic carbocycles. The van der Waals surface area contributed by atoms with E-state index >= 15 is 0 Å². The van der Waals surface area contributed by atoms with Crippen molar-refractivity contribution in [1.29, 1.82) is 0 Å². The van der Waals surface area contributed by atoms with Crippen LogP contribution < -0.4 is 10.1 Å². The van der Waals surface area contributed by atoms with E-state index in [1.807, 2.05) is 12.1 Å². The molecular weight excluding hydrogens is 219 g/mol. The highest BCUT2D eigenvalue weighted by atomic mass is 19.1. The second-order valence-corrected chi connectivity index (χ2v) is 3.57. The highest BCUT2D eigenvalue weighted by Gasteiger charge is 1.97. The first-order chi connectivity index (χ1) is 8.28. The van der Waals surface area contributed by atoms with Gasteiger partial charge in [-0.05, 0) is 23.8 Å². The largest absolute Gasteiger partial charge is 0.481 e. The maximum absolute atomic E-state index is 12.7. The smallest absolute Gasteiger partial charge is 0.214 e. The van der Waals surface area contributed by atoms with Gasteiger partial charge in [0, 0.05) is 24.5 Å². The van der Waals surface area contributed by atoms with Crippen LogP contribution in [-0.4, -0.2) is 12.1 Å². The number of halogens is 1. The Morgan fingerprint density at radius 1 is 1.24 bits per heavy atom. The number of nitrogens with one attached hydrogen (secondary N) is 1. The number of benzene rings is 1. The lowest BCUT2D eigenvalue weighted by molar-refractivity contribution is 0.398. The second-order valence-electron chi connectivity index (χ2n) is 3.57. The Bertz CT molecular complexity index is 485. The number of pyridine rings is 1. The van der Waals surface area contributed by atoms with Crippen LogP contribution in [0.15, 0.2) is 42.6 Å². The van der Waals surface area contributed by atoms with Gasteiger partial charge in [-0.2, -0.15) is 0 Å². The van der Waals surface area contributed by atoms with Crippen LogP contribution in [0.2, 0.25) is 0 Å². The summed E-state index contributed by atoms with van der Waals surface area (Å²) >= 11 is 0. The number of aromatic nitrogens is 1. The fourth-order valence-electron chi connectivity index (χ4n) is 1.44. The molecule has 0 radical (unpaired) electrons. The highest BCUT2D eigenvalue weighted by Crippen LogP contribution is 2.14. The maximum atomic E-state index is 12.7. The molecule has 0 saturated heterocycles. The number of nitrogens with zero attached hydrogens (tertiary/aromatic N) is 1. The Balaban J connectivity index is 1.99. The number of methoxy groups -OCH3 is 1. The van der Waals surface area contributed by atoms with Crippen LogP contribution >= 0.6 is 0 Å². The van der Waals surface area contributed by atoms with Crippen molar-refractivity contribution in [3.63, 3.8) is 0 Å². The molecule has 0 atom stereocenters. The minimum Gasteiger partial charge on any atom is -0.481 e. The molecule has 0 aliphatic heterocycles. The molecule has 0 fully saturated rings. The molecule has 0 unspecified atom stereocenters. The summed E-state index contributed by atoms with van der Waals surface area (Å²) in [6.45, 7) is 0.632. The van der Waals surface area contributed by atoms with Crippen molar-refractivity contribution < 1.29 is 9.13 Å². The Morgan fingerprint density at radius 2 is 2.00 bits per heavy atom. The summed E-state index contributed by atoms with van der Waals surface area (Å²) in [5.74, 6) is 0.341. The molecule has 0 aliphatic rings. The minimum absolute atomic E-state index is 0.223. The summed E-state index contributed by atoms with van der Waals surface area (Å²) in [6.07, 6.45) is 1.67. The first-order valence-electron chi connectivity index (χ1n) is 5.26. The lowest BCUT2D eigenvalue weighted by Gasteiger charge is -2.07. The topological polar surface area (TPSA) is 34.1 Å². The van der Waals surface area contributed by atoms with Crippen LogP contribution in [-0.2, 0) is 6.54 Å². The van der Waals surface area contributed by atoms with Crippen molar-refractivity contribution in [2.75, 3.05) is 12.4 Å². The van der Waals surface area contributed by atoms with E-state index in [1.165, 1.54) is 12.1 Å². The van der Waals surface area contributed by atoms with Crippen LogP contribution in [0.25, 0.3) is 0 Å². The lowest BCUT2D eigenvalue weighted by atomic mass is 10.2. The van der Waals surface area contributed by atoms with Gasteiger partial charge < -0.3 is 10.1 Å². The molecule has 0 spiro atoms. The molecule has 2 aromatic rings. The van der Waals surface area contributed by atoms with Gasteiger partial charge in [0.2, 0.25) is 5.88 Å². The lowest BCUT2D eigenvalue weighted by Crippen LogP contribution is -2.00. The molecule has 0 amide bonds. The van der Waals surface area contributed by atoms with Gasteiger partial charge in [0.1, 0.15) is 5.82 Å². The summed E-state index contributed by atoms with van der Waals surface area (Å²) in [6, 6.07) is 10.1. The van der Waals surface area contributed by atoms with Gasteiger partial charge in [-0.3, -0.25) is 0 Å². The number of anilines is 1. The van der Waals surface area contributed by atoms with E-state index < -0.39 is 0 Å². The van der Waals surface area contributed by atoms with Crippen molar-refractivity contribution in [1.82, 2.24) is 4.98 Å². The van der Waals surface area contributed by atoms with Crippen molar-refractivity contribution in [3.05, 3.63) is 54.0 Å². The van der Waals surface area contributed by atoms with Crippen molar-refractivity contribution in [2.24, 2.45) is 0 Å². The average Bonchev–Trinajstić information content (AvgIpc) is 2.38. The van der Waals surface area contributed by atoms with Crippen LogP contribution in [0.5, 0.6) is 5.88 Å². The summed E-state index contributed by atoms with van der Waals surface area (Å²) < 4.78 is 17.7. The predicted octanol–water partition coefficient (Wildman–Crippen LogP) is 2.84. The van der Waals surface area contributed by atoms with Gasteiger partial charge in [-0.1, -0.05) is 12.1 Å². The Kier molecular flexibility index (Phi) is 3.55. The Morgan fingerprint density at radius 3 is 2.71 bits per heavy atom. The number of ether oxygens (including phenoxy) is 1. The third kappa shape index (κ3) is 3.17. The number of rotatable bonds is 4. The number of hydrogen-bond acceptors (Lipinski definition) is 3. The zero-order chi connectivity index (χ0) is 12.1. The van der Waals surface area contributed by atoms with Crippen LogP contribution in [0, 0.1) is 5.82 Å². The van der Waals surface area contributed by atoms with E-state index in [4.69, 9.17) is 4.74 Å². The monoisotopic (exact) mass is 232 g/mol. The summed E-state index contributed by atoms with van der Waals surface area (Å²) in [5.41, 5.74) is 1.93. The maximum Gasteiger partial charge on any atom is 0.214 e.